The molecule has 0 fully saturated rings. The molecular formula is C19H23NO4S. The van der Waals surface area contributed by atoms with Crippen molar-refractivity contribution >= 4 is 16.0 Å². The Balaban J connectivity index is 2.35. The molecule has 0 aliphatic heterocycles. The van der Waals surface area contributed by atoms with Gasteiger partial charge in [-0.05, 0) is 31.5 Å². The van der Waals surface area contributed by atoms with E-state index >= 15 is 0 Å². The van der Waals surface area contributed by atoms with Gasteiger partial charge in [-0.15, -0.1) is 0 Å². The van der Waals surface area contributed by atoms with Crippen LogP contribution in [-0.4, -0.2) is 21.0 Å². The van der Waals surface area contributed by atoms with E-state index in [0.717, 1.165) is 5.56 Å². The number of rotatable bonds is 7. The lowest BCUT2D eigenvalue weighted by atomic mass is 9.95. The molecule has 0 aliphatic carbocycles. The van der Waals surface area contributed by atoms with Crippen molar-refractivity contribution in [3.8, 4) is 0 Å². The van der Waals surface area contributed by atoms with Crippen LogP contribution in [0.4, 0.5) is 0 Å². The standard InChI is InChI=1S/C19H23NO4S/c1-4-24-19(21)15(3)18(16-8-6-5-7-9-16)20-25(22,23)17-12-10-14(2)11-13-17/h5-13,15,18,20H,4H2,1-3H3/t15-,18+/m1/s1. The van der Waals surface area contributed by atoms with Crippen LogP contribution < -0.4 is 4.72 Å². The number of ether oxygens (including phenoxy) is 1. The van der Waals surface area contributed by atoms with Crippen LogP contribution in [0, 0.1) is 12.8 Å². The summed E-state index contributed by atoms with van der Waals surface area (Å²) in [5.74, 6) is -1.11. The smallest absolute Gasteiger partial charge is 0.310 e. The van der Waals surface area contributed by atoms with Crippen molar-refractivity contribution < 1.29 is 17.9 Å². The lowest BCUT2D eigenvalue weighted by molar-refractivity contribution is -0.148. The van der Waals surface area contributed by atoms with E-state index in [1.807, 2.05) is 13.0 Å². The van der Waals surface area contributed by atoms with Gasteiger partial charge < -0.3 is 4.74 Å². The minimum Gasteiger partial charge on any atom is -0.466 e. The van der Waals surface area contributed by atoms with Gasteiger partial charge in [-0.3, -0.25) is 4.79 Å². The molecule has 6 heteroatoms. The molecule has 2 atom stereocenters. The molecule has 0 unspecified atom stereocenters. The van der Waals surface area contributed by atoms with E-state index in [1.54, 1.807) is 62.4 Å². The van der Waals surface area contributed by atoms with Crippen molar-refractivity contribution in [2.75, 3.05) is 6.61 Å². The van der Waals surface area contributed by atoms with Crippen LogP contribution in [0.15, 0.2) is 59.5 Å². The fourth-order valence-electron chi connectivity index (χ4n) is 2.48. The van der Waals surface area contributed by atoms with E-state index in [-0.39, 0.29) is 11.5 Å². The number of aryl methyl sites for hydroxylation is 1. The molecule has 2 rings (SSSR count). The van der Waals surface area contributed by atoms with Crippen LogP contribution in [-0.2, 0) is 19.6 Å². The summed E-state index contributed by atoms with van der Waals surface area (Å²) in [4.78, 5) is 12.3. The molecule has 0 spiro atoms. The Labute approximate surface area is 149 Å². The van der Waals surface area contributed by atoms with Crippen LogP contribution in [0.3, 0.4) is 0 Å². The minimum absolute atomic E-state index is 0.162. The van der Waals surface area contributed by atoms with Gasteiger partial charge in [0.1, 0.15) is 0 Å². The third-order valence-electron chi connectivity index (χ3n) is 3.93. The molecule has 0 radical (unpaired) electrons. The number of hydrogen-bond donors (Lipinski definition) is 1. The molecule has 0 saturated carbocycles. The van der Waals surface area contributed by atoms with E-state index in [2.05, 4.69) is 4.72 Å². The molecular weight excluding hydrogens is 338 g/mol. The monoisotopic (exact) mass is 361 g/mol. The van der Waals surface area contributed by atoms with Gasteiger partial charge in [0.25, 0.3) is 0 Å². The zero-order valence-corrected chi connectivity index (χ0v) is 15.4. The van der Waals surface area contributed by atoms with Gasteiger partial charge in [0.15, 0.2) is 0 Å². The maximum atomic E-state index is 12.7. The topological polar surface area (TPSA) is 72.5 Å². The zero-order valence-electron chi connectivity index (χ0n) is 14.6. The highest BCUT2D eigenvalue weighted by atomic mass is 32.2. The highest BCUT2D eigenvalue weighted by Crippen LogP contribution is 2.25. The predicted octanol–water partition coefficient (Wildman–Crippen LogP) is 3.21. The Morgan fingerprint density at radius 2 is 1.68 bits per heavy atom. The van der Waals surface area contributed by atoms with E-state index in [4.69, 9.17) is 4.74 Å². The third kappa shape index (κ3) is 4.90. The highest BCUT2D eigenvalue weighted by molar-refractivity contribution is 7.89. The van der Waals surface area contributed by atoms with Crippen molar-refractivity contribution in [1.29, 1.82) is 0 Å². The van der Waals surface area contributed by atoms with E-state index in [9.17, 15) is 13.2 Å². The SMILES string of the molecule is CCOC(=O)[C@H](C)[C@H](NS(=O)(=O)c1ccc(C)cc1)c1ccccc1. The summed E-state index contributed by atoms with van der Waals surface area (Å²) in [6.45, 7) is 5.51. The van der Waals surface area contributed by atoms with Crippen LogP contribution >= 0.6 is 0 Å². The van der Waals surface area contributed by atoms with Gasteiger partial charge in [-0.1, -0.05) is 55.0 Å². The summed E-state index contributed by atoms with van der Waals surface area (Å²) in [5.41, 5.74) is 1.68. The number of esters is 1. The molecule has 0 heterocycles. The van der Waals surface area contributed by atoms with Gasteiger partial charge >= 0.3 is 5.97 Å². The second-order valence-corrected chi connectivity index (χ2v) is 7.58. The average Bonchev–Trinajstić information content (AvgIpc) is 2.60. The second kappa shape index (κ2) is 8.27. The maximum Gasteiger partial charge on any atom is 0.310 e. The first-order valence-corrected chi connectivity index (χ1v) is 9.64. The molecule has 0 amide bonds. The normalized spacial score (nSPS) is 13.9. The highest BCUT2D eigenvalue weighted by Gasteiger charge is 2.31. The molecule has 2 aromatic carbocycles. The summed E-state index contributed by atoms with van der Waals surface area (Å²) < 4.78 is 33.2. The molecule has 25 heavy (non-hydrogen) atoms. The van der Waals surface area contributed by atoms with E-state index in [0.29, 0.717) is 5.56 Å². The summed E-state index contributed by atoms with van der Waals surface area (Å²) in [5, 5.41) is 0. The van der Waals surface area contributed by atoms with Crippen molar-refractivity contribution in [3.05, 3.63) is 65.7 Å². The Bertz CT molecular complexity index is 801. The van der Waals surface area contributed by atoms with Gasteiger partial charge in [-0.2, -0.15) is 0 Å². The Morgan fingerprint density at radius 3 is 2.24 bits per heavy atom. The average molecular weight is 361 g/mol. The number of hydrogen-bond acceptors (Lipinski definition) is 4. The van der Waals surface area contributed by atoms with Gasteiger partial charge in [0.2, 0.25) is 10.0 Å². The van der Waals surface area contributed by atoms with E-state index < -0.39 is 28.0 Å². The maximum absolute atomic E-state index is 12.7. The van der Waals surface area contributed by atoms with Crippen LogP contribution in [0.2, 0.25) is 0 Å². The molecule has 0 aliphatic rings. The predicted molar refractivity (Wildman–Crippen MR) is 96.5 cm³/mol. The zero-order chi connectivity index (χ0) is 18.4. The molecule has 134 valence electrons. The fraction of sp³-hybridized carbons (Fsp3) is 0.316. The summed E-state index contributed by atoms with van der Waals surface area (Å²) in [6.07, 6.45) is 0. The molecule has 0 aromatic heterocycles. The van der Waals surface area contributed by atoms with Crippen molar-refractivity contribution in [2.45, 2.75) is 31.7 Å². The second-order valence-electron chi connectivity index (χ2n) is 5.86. The summed E-state index contributed by atoms with van der Waals surface area (Å²) in [6, 6.07) is 14.9. The molecule has 5 nitrogen and oxygen atoms in total. The number of sulfonamides is 1. The van der Waals surface area contributed by atoms with Crippen LogP contribution in [0.1, 0.15) is 31.0 Å². The molecule has 0 bridgehead atoms. The summed E-state index contributed by atoms with van der Waals surface area (Å²) >= 11 is 0. The largest absolute Gasteiger partial charge is 0.466 e. The number of carbonyl (C=O) groups excluding carboxylic acids is 1. The van der Waals surface area contributed by atoms with Gasteiger partial charge in [-0.25, -0.2) is 13.1 Å². The quantitative estimate of drug-likeness (QED) is 0.769. The number of benzene rings is 2. The third-order valence-corrected chi connectivity index (χ3v) is 5.39. The van der Waals surface area contributed by atoms with Crippen molar-refractivity contribution in [1.82, 2.24) is 4.72 Å². The van der Waals surface area contributed by atoms with Gasteiger partial charge in [0, 0.05) is 0 Å². The molecule has 0 saturated heterocycles. The number of carbonyl (C=O) groups is 1. The molecule has 1 N–H and O–H groups in total. The van der Waals surface area contributed by atoms with E-state index in [1.165, 1.54) is 0 Å². The summed E-state index contributed by atoms with van der Waals surface area (Å²) in [7, 11) is -3.78. The fourth-order valence-corrected chi connectivity index (χ4v) is 3.79. The Kier molecular flexibility index (Phi) is 6.33. The van der Waals surface area contributed by atoms with Gasteiger partial charge in [0.05, 0.1) is 23.5 Å². The van der Waals surface area contributed by atoms with Crippen molar-refractivity contribution in [2.24, 2.45) is 5.92 Å². The number of nitrogens with one attached hydrogen (secondary N) is 1. The Morgan fingerprint density at radius 1 is 1.08 bits per heavy atom. The lowest BCUT2D eigenvalue weighted by Crippen LogP contribution is -2.36. The first-order chi connectivity index (χ1) is 11.8. The molecule has 2 aromatic rings. The first-order valence-electron chi connectivity index (χ1n) is 8.15. The minimum atomic E-state index is -3.78. The van der Waals surface area contributed by atoms with Crippen molar-refractivity contribution in [3.63, 3.8) is 0 Å². The van der Waals surface area contributed by atoms with Crippen LogP contribution in [0.5, 0.6) is 0 Å². The van der Waals surface area contributed by atoms with Crippen LogP contribution in [0.25, 0.3) is 0 Å². The lowest BCUT2D eigenvalue weighted by Gasteiger charge is -2.24. The Hall–Kier alpha value is -2.18. The first kappa shape index (κ1) is 19.1.